The van der Waals surface area contributed by atoms with Gasteiger partial charge in [-0.15, -0.1) is 0 Å². The summed E-state index contributed by atoms with van der Waals surface area (Å²) in [5.74, 6) is 0.201. The van der Waals surface area contributed by atoms with Crippen LogP contribution < -0.4 is 0 Å². The predicted octanol–water partition coefficient (Wildman–Crippen LogP) is 3.84. The van der Waals surface area contributed by atoms with Crippen molar-refractivity contribution >= 4 is 16.8 Å². The molecule has 2 aromatic carbocycles. The Morgan fingerprint density at radius 1 is 1.04 bits per heavy atom. The van der Waals surface area contributed by atoms with Crippen molar-refractivity contribution < 1.29 is 14.6 Å². The molecule has 1 amide bonds. The summed E-state index contributed by atoms with van der Waals surface area (Å²) in [6, 6.07) is 15.8. The maximum absolute atomic E-state index is 13.0. The lowest BCUT2D eigenvalue weighted by molar-refractivity contribution is 0.0304. The van der Waals surface area contributed by atoms with Gasteiger partial charge in [-0.05, 0) is 43.0 Å². The number of amides is 1. The van der Waals surface area contributed by atoms with Crippen molar-refractivity contribution in [2.24, 2.45) is 0 Å². The molecule has 0 radical (unpaired) electrons. The zero-order chi connectivity index (χ0) is 19.3. The van der Waals surface area contributed by atoms with Crippen molar-refractivity contribution in [3.8, 4) is 5.75 Å². The van der Waals surface area contributed by atoms with Crippen molar-refractivity contribution in [3.05, 3.63) is 65.9 Å². The molecule has 0 saturated carbocycles. The molecule has 28 heavy (non-hydrogen) atoms. The number of hydrogen-bond acceptors (Lipinski definition) is 3. The van der Waals surface area contributed by atoms with E-state index in [1.807, 2.05) is 23.2 Å². The highest BCUT2D eigenvalue weighted by Crippen LogP contribution is 2.27. The van der Waals surface area contributed by atoms with E-state index < -0.39 is 0 Å². The Bertz CT molecular complexity index is 943. The molecule has 1 fully saturated rings. The first-order valence-corrected chi connectivity index (χ1v) is 9.95. The van der Waals surface area contributed by atoms with E-state index in [0.29, 0.717) is 31.9 Å². The lowest BCUT2D eigenvalue weighted by atomic mass is 10.1. The minimum absolute atomic E-state index is 0.0157. The quantitative estimate of drug-likeness (QED) is 0.663. The fourth-order valence-electron chi connectivity index (χ4n) is 3.83. The van der Waals surface area contributed by atoms with Gasteiger partial charge in [0.2, 0.25) is 0 Å². The number of hydrogen-bond donors (Lipinski definition) is 1. The van der Waals surface area contributed by atoms with E-state index >= 15 is 0 Å². The SMILES string of the molecule is O=C(c1cn(CCCCc2ccccc2)c2ccc(O)cc12)N1CCOCC1. The van der Waals surface area contributed by atoms with Crippen molar-refractivity contribution in [2.45, 2.75) is 25.8 Å². The number of ether oxygens (including phenoxy) is 1. The Morgan fingerprint density at radius 2 is 1.82 bits per heavy atom. The fraction of sp³-hybridized carbons (Fsp3) is 0.348. The molecule has 3 aromatic rings. The van der Waals surface area contributed by atoms with E-state index in [1.54, 1.807) is 12.1 Å². The summed E-state index contributed by atoms with van der Waals surface area (Å²) in [5, 5.41) is 10.8. The van der Waals surface area contributed by atoms with E-state index in [1.165, 1.54) is 5.56 Å². The number of fused-ring (bicyclic) bond motifs is 1. The van der Waals surface area contributed by atoms with Crippen molar-refractivity contribution in [2.75, 3.05) is 26.3 Å². The van der Waals surface area contributed by atoms with E-state index in [-0.39, 0.29) is 11.7 Å². The Balaban J connectivity index is 1.50. The number of phenols is 1. The number of rotatable bonds is 6. The first kappa shape index (κ1) is 18.6. The van der Waals surface area contributed by atoms with Gasteiger partial charge in [0.25, 0.3) is 5.91 Å². The van der Waals surface area contributed by atoms with Crippen LogP contribution in [0.25, 0.3) is 10.9 Å². The van der Waals surface area contributed by atoms with Crippen LogP contribution in [0.3, 0.4) is 0 Å². The van der Waals surface area contributed by atoms with Crippen LogP contribution in [-0.4, -0.2) is 46.8 Å². The number of carbonyl (C=O) groups excluding carboxylic acids is 1. The van der Waals surface area contributed by atoms with E-state index in [9.17, 15) is 9.90 Å². The number of nitrogens with zero attached hydrogens (tertiary/aromatic N) is 2. The standard InChI is InChI=1S/C23H26N2O3/c26-19-9-10-22-20(16-19)21(23(27)24-12-14-28-15-13-24)17-25(22)11-5-4-8-18-6-2-1-3-7-18/h1-3,6-7,9-10,16-17,26H,4-5,8,11-15H2. The average Bonchev–Trinajstić information content (AvgIpc) is 3.09. The van der Waals surface area contributed by atoms with Gasteiger partial charge in [-0.1, -0.05) is 30.3 Å². The second-order valence-electron chi connectivity index (χ2n) is 7.28. The molecule has 1 aliphatic rings. The summed E-state index contributed by atoms with van der Waals surface area (Å²) in [4.78, 5) is 14.9. The molecule has 2 heterocycles. The maximum Gasteiger partial charge on any atom is 0.256 e. The third kappa shape index (κ3) is 4.04. The number of phenolic OH excluding ortho intramolecular Hbond substituents is 1. The van der Waals surface area contributed by atoms with Gasteiger partial charge in [-0.3, -0.25) is 4.79 Å². The molecule has 1 aliphatic heterocycles. The Kier molecular flexibility index (Phi) is 5.63. The van der Waals surface area contributed by atoms with Crippen LogP contribution in [0.1, 0.15) is 28.8 Å². The largest absolute Gasteiger partial charge is 0.508 e. The summed E-state index contributed by atoms with van der Waals surface area (Å²) >= 11 is 0. The van der Waals surface area contributed by atoms with Crippen LogP contribution in [0.15, 0.2) is 54.7 Å². The second-order valence-corrected chi connectivity index (χ2v) is 7.28. The molecule has 0 bridgehead atoms. The lowest BCUT2D eigenvalue weighted by Crippen LogP contribution is -2.40. The van der Waals surface area contributed by atoms with Gasteiger partial charge in [-0.25, -0.2) is 0 Å². The summed E-state index contributed by atoms with van der Waals surface area (Å²) in [5.41, 5.74) is 3.01. The van der Waals surface area contributed by atoms with Gasteiger partial charge in [-0.2, -0.15) is 0 Å². The highest BCUT2D eigenvalue weighted by molar-refractivity contribution is 6.07. The molecule has 5 nitrogen and oxygen atoms in total. The third-order valence-corrected chi connectivity index (χ3v) is 5.35. The first-order valence-electron chi connectivity index (χ1n) is 9.95. The number of morpholine rings is 1. The van der Waals surface area contributed by atoms with Crippen LogP contribution in [0.4, 0.5) is 0 Å². The summed E-state index contributed by atoms with van der Waals surface area (Å²) in [6.45, 7) is 3.23. The van der Waals surface area contributed by atoms with Gasteiger partial charge >= 0.3 is 0 Å². The molecule has 0 spiro atoms. The number of carbonyl (C=O) groups is 1. The topological polar surface area (TPSA) is 54.7 Å². The van der Waals surface area contributed by atoms with Crippen LogP contribution in [0.2, 0.25) is 0 Å². The predicted molar refractivity (Wildman–Crippen MR) is 110 cm³/mol. The molecule has 1 aromatic heterocycles. The van der Waals surface area contributed by atoms with Crippen molar-refractivity contribution in [1.29, 1.82) is 0 Å². The number of aromatic hydroxyl groups is 1. The van der Waals surface area contributed by atoms with Crippen LogP contribution >= 0.6 is 0 Å². The molecule has 1 N–H and O–H groups in total. The molecule has 0 atom stereocenters. The van der Waals surface area contributed by atoms with Crippen LogP contribution in [-0.2, 0) is 17.7 Å². The van der Waals surface area contributed by atoms with Crippen LogP contribution in [0.5, 0.6) is 5.75 Å². The number of benzene rings is 2. The molecule has 0 aliphatic carbocycles. The summed E-state index contributed by atoms with van der Waals surface area (Å²) in [7, 11) is 0. The molecule has 146 valence electrons. The number of aryl methyl sites for hydroxylation is 2. The molecule has 0 unspecified atom stereocenters. The second kappa shape index (κ2) is 8.48. The molecule has 1 saturated heterocycles. The first-order chi connectivity index (χ1) is 13.7. The van der Waals surface area contributed by atoms with Gasteiger partial charge in [0.05, 0.1) is 18.8 Å². The molecule has 4 rings (SSSR count). The Labute approximate surface area is 165 Å². The van der Waals surface area contributed by atoms with Gasteiger partial charge < -0.3 is 19.3 Å². The van der Waals surface area contributed by atoms with Crippen LogP contribution in [0, 0.1) is 0 Å². The molecular weight excluding hydrogens is 352 g/mol. The van der Waals surface area contributed by atoms with E-state index in [2.05, 4.69) is 28.8 Å². The normalized spacial score (nSPS) is 14.5. The molecule has 5 heteroatoms. The van der Waals surface area contributed by atoms with Gasteiger partial charge in [0.15, 0.2) is 0 Å². The van der Waals surface area contributed by atoms with Crippen molar-refractivity contribution in [3.63, 3.8) is 0 Å². The zero-order valence-electron chi connectivity index (χ0n) is 16.0. The third-order valence-electron chi connectivity index (χ3n) is 5.35. The smallest absolute Gasteiger partial charge is 0.256 e. The van der Waals surface area contributed by atoms with Gasteiger partial charge in [0, 0.05) is 36.7 Å². The highest BCUT2D eigenvalue weighted by Gasteiger charge is 2.22. The fourth-order valence-corrected chi connectivity index (χ4v) is 3.83. The average molecular weight is 378 g/mol. The van der Waals surface area contributed by atoms with E-state index in [4.69, 9.17) is 4.74 Å². The minimum Gasteiger partial charge on any atom is -0.508 e. The van der Waals surface area contributed by atoms with E-state index in [0.717, 1.165) is 36.7 Å². The number of aromatic nitrogens is 1. The maximum atomic E-state index is 13.0. The summed E-state index contributed by atoms with van der Waals surface area (Å²) in [6.07, 6.45) is 5.13. The lowest BCUT2D eigenvalue weighted by Gasteiger charge is -2.26. The Hall–Kier alpha value is -2.79. The Morgan fingerprint density at radius 3 is 2.61 bits per heavy atom. The zero-order valence-corrected chi connectivity index (χ0v) is 16.0. The monoisotopic (exact) mass is 378 g/mol. The number of unbranched alkanes of at least 4 members (excludes halogenated alkanes) is 1. The van der Waals surface area contributed by atoms with Crippen molar-refractivity contribution in [1.82, 2.24) is 9.47 Å². The van der Waals surface area contributed by atoms with Gasteiger partial charge in [0.1, 0.15) is 5.75 Å². The molecular formula is C23H26N2O3. The highest BCUT2D eigenvalue weighted by atomic mass is 16.5. The minimum atomic E-state index is 0.0157. The summed E-state index contributed by atoms with van der Waals surface area (Å²) < 4.78 is 7.51.